The summed E-state index contributed by atoms with van der Waals surface area (Å²) < 4.78 is 0. The highest BCUT2D eigenvalue weighted by Gasteiger charge is 2.26. The van der Waals surface area contributed by atoms with Gasteiger partial charge in [-0.25, -0.2) is 0 Å². The summed E-state index contributed by atoms with van der Waals surface area (Å²) in [5.41, 5.74) is 2.86. The first-order valence-electron chi connectivity index (χ1n) is 8.47. The van der Waals surface area contributed by atoms with Crippen molar-refractivity contribution in [2.24, 2.45) is 5.92 Å². The lowest BCUT2D eigenvalue weighted by atomic mass is 9.86. The largest absolute Gasteiger partial charge is 0.342 e. The van der Waals surface area contributed by atoms with Crippen LogP contribution in [0.3, 0.4) is 0 Å². The van der Waals surface area contributed by atoms with Gasteiger partial charge in [-0.05, 0) is 43.2 Å². The Morgan fingerprint density at radius 2 is 1.95 bits per heavy atom. The Morgan fingerprint density at radius 1 is 1.29 bits per heavy atom. The third kappa shape index (κ3) is 4.09. The summed E-state index contributed by atoms with van der Waals surface area (Å²) in [6.45, 7) is 8.32. The molecule has 1 amide bonds. The summed E-state index contributed by atoms with van der Waals surface area (Å²) in [7, 11) is 0. The molecule has 21 heavy (non-hydrogen) atoms. The molecule has 1 unspecified atom stereocenters. The summed E-state index contributed by atoms with van der Waals surface area (Å²) in [6, 6.07) is 8.68. The minimum absolute atomic E-state index is 0.194. The lowest BCUT2D eigenvalue weighted by molar-refractivity contribution is -0.136. The van der Waals surface area contributed by atoms with Crippen molar-refractivity contribution in [3.8, 4) is 0 Å². The lowest BCUT2D eigenvalue weighted by Gasteiger charge is -2.34. The van der Waals surface area contributed by atoms with Crippen LogP contribution in [0.2, 0.25) is 0 Å². The van der Waals surface area contributed by atoms with Crippen LogP contribution in [-0.2, 0) is 4.79 Å². The van der Waals surface area contributed by atoms with Crippen LogP contribution in [0.15, 0.2) is 24.3 Å². The number of nitrogens with zero attached hydrogens (tertiary/aromatic N) is 1. The maximum atomic E-state index is 12.4. The van der Waals surface area contributed by atoms with Gasteiger partial charge in [-0.3, -0.25) is 4.79 Å². The monoisotopic (exact) mass is 287 g/mol. The van der Waals surface area contributed by atoms with Crippen molar-refractivity contribution < 1.29 is 4.79 Å². The Kier molecular flexibility index (Phi) is 5.84. The molecule has 2 rings (SSSR count). The highest BCUT2D eigenvalue weighted by atomic mass is 16.2. The smallest absolute Gasteiger partial charge is 0.225 e. The molecule has 1 aliphatic rings. The van der Waals surface area contributed by atoms with Crippen molar-refractivity contribution in [3.05, 3.63) is 35.4 Å². The number of carbonyl (C=O) groups is 1. The van der Waals surface area contributed by atoms with Gasteiger partial charge in [0, 0.05) is 19.0 Å². The van der Waals surface area contributed by atoms with Crippen LogP contribution < -0.4 is 0 Å². The number of rotatable bonds is 5. The third-order valence-corrected chi connectivity index (χ3v) is 4.85. The molecule has 1 heterocycles. The van der Waals surface area contributed by atoms with E-state index >= 15 is 0 Å². The standard InChI is InChI=1S/C19H29NO/c1-4-5-8-16(3)19(21)20-13-11-17(12-14-20)18-10-7-6-9-15(18)2/h6-7,9-10,16-17H,4-5,8,11-14H2,1-3H3. The first-order chi connectivity index (χ1) is 10.1. The highest BCUT2D eigenvalue weighted by Crippen LogP contribution is 2.30. The van der Waals surface area contributed by atoms with Crippen molar-refractivity contribution in [3.63, 3.8) is 0 Å². The summed E-state index contributed by atoms with van der Waals surface area (Å²) in [5.74, 6) is 1.19. The van der Waals surface area contributed by atoms with Crippen molar-refractivity contribution in [1.82, 2.24) is 4.90 Å². The molecule has 0 N–H and O–H groups in total. The average molecular weight is 287 g/mol. The molecule has 0 aliphatic carbocycles. The Balaban J connectivity index is 1.88. The minimum atomic E-state index is 0.194. The number of aryl methyl sites for hydroxylation is 1. The van der Waals surface area contributed by atoms with Crippen molar-refractivity contribution in [1.29, 1.82) is 0 Å². The van der Waals surface area contributed by atoms with Gasteiger partial charge < -0.3 is 4.90 Å². The van der Waals surface area contributed by atoms with E-state index in [9.17, 15) is 4.79 Å². The van der Waals surface area contributed by atoms with Crippen LogP contribution in [0.25, 0.3) is 0 Å². The molecule has 1 atom stereocenters. The predicted octanol–water partition coefficient (Wildman–Crippen LogP) is 4.53. The Morgan fingerprint density at radius 3 is 2.57 bits per heavy atom. The summed E-state index contributed by atoms with van der Waals surface area (Å²) in [6.07, 6.45) is 5.58. The van der Waals surface area contributed by atoms with E-state index in [1.807, 2.05) is 0 Å². The van der Waals surface area contributed by atoms with Gasteiger partial charge in [-0.1, -0.05) is 51.0 Å². The molecule has 116 valence electrons. The molecular formula is C19H29NO. The molecule has 0 radical (unpaired) electrons. The summed E-state index contributed by atoms with van der Waals surface area (Å²) in [4.78, 5) is 14.5. The molecular weight excluding hydrogens is 258 g/mol. The molecule has 2 nitrogen and oxygen atoms in total. The van der Waals surface area contributed by atoms with Gasteiger partial charge in [0.1, 0.15) is 0 Å². The van der Waals surface area contributed by atoms with Crippen LogP contribution >= 0.6 is 0 Å². The summed E-state index contributed by atoms with van der Waals surface area (Å²) in [5, 5.41) is 0. The molecule has 0 aromatic heterocycles. The maximum absolute atomic E-state index is 12.4. The maximum Gasteiger partial charge on any atom is 0.225 e. The fourth-order valence-electron chi connectivity index (χ4n) is 3.40. The molecule has 0 spiro atoms. The fraction of sp³-hybridized carbons (Fsp3) is 0.632. The molecule has 1 aromatic rings. The molecule has 2 heteroatoms. The van der Waals surface area contributed by atoms with Gasteiger partial charge in [0.15, 0.2) is 0 Å². The topological polar surface area (TPSA) is 20.3 Å². The Hall–Kier alpha value is -1.31. The number of unbranched alkanes of at least 4 members (excludes halogenated alkanes) is 1. The number of piperidine rings is 1. The first-order valence-corrected chi connectivity index (χ1v) is 8.47. The zero-order valence-corrected chi connectivity index (χ0v) is 13.8. The van der Waals surface area contributed by atoms with E-state index in [-0.39, 0.29) is 5.92 Å². The number of likely N-dealkylation sites (tertiary alicyclic amines) is 1. The van der Waals surface area contributed by atoms with E-state index in [0.717, 1.165) is 38.8 Å². The first kappa shape index (κ1) is 16.1. The van der Waals surface area contributed by atoms with E-state index in [1.165, 1.54) is 17.5 Å². The molecule has 0 bridgehead atoms. The van der Waals surface area contributed by atoms with Crippen molar-refractivity contribution >= 4 is 5.91 Å². The second-order valence-corrected chi connectivity index (χ2v) is 6.50. The quantitative estimate of drug-likeness (QED) is 0.779. The van der Waals surface area contributed by atoms with Crippen LogP contribution in [0.5, 0.6) is 0 Å². The Bertz CT molecular complexity index is 460. The van der Waals surface area contributed by atoms with E-state index < -0.39 is 0 Å². The van der Waals surface area contributed by atoms with Crippen molar-refractivity contribution in [2.45, 2.75) is 58.8 Å². The minimum Gasteiger partial charge on any atom is -0.342 e. The molecule has 1 saturated heterocycles. The van der Waals surface area contributed by atoms with Gasteiger partial charge >= 0.3 is 0 Å². The van der Waals surface area contributed by atoms with Crippen molar-refractivity contribution in [2.75, 3.05) is 13.1 Å². The third-order valence-electron chi connectivity index (χ3n) is 4.85. The number of benzene rings is 1. The zero-order valence-electron chi connectivity index (χ0n) is 13.8. The van der Waals surface area contributed by atoms with E-state index in [2.05, 4.69) is 49.9 Å². The number of carbonyl (C=O) groups excluding carboxylic acids is 1. The van der Waals surface area contributed by atoms with Gasteiger partial charge in [-0.15, -0.1) is 0 Å². The number of amides is 1. The lowest BCUT2D eigenvalue weighted by Crippen LogP contribution is -2.40. The zero-order chi connectivity index (χ0) is 15.2. The SMILES string of the molecule is CCCCC(C)C(=O)N1CCC(c2ccccc2C)CC1. The molecule has 0 saturated carbocycles. The van der Waals surface area contributed by atoms with Gasteiger partial charge in [0.05, 0.1) is 0 Å². The molecule has 1 aromatic carbocycles. The number of hydrogen-bond donors (Lipinski definition) is 0. The Labute approximate surface area is 129 Å². The van der Waals surface area contributed by atoms with Gasteiger partial charge in [0.2, 0.25) is 5.91 Å². The predicted molar refractivity (Wildman–Crippen MR) is 88.4 cm³/mol. The van der Waals surface area contributed by atoms with E-state index in [4.69, 9.17) is 0 Å². The second-order valence-electron chi connectivity index (χ2n) is 6.50. The average Bonchev–Trinajstić information content (AvgIpc) is 2.52. The van der Waals surface area contributed by atoms with E-state index in [0.29, 0.717) is 11.8 Å². The molecule has 1 fully saturated rings. The van der Waals surface area contributed by atoms with Crippen LogP contribution in [0.1, 0.15) is 63.0 Å². The number of hydrogen-bond acceptors (Lipinski definition) is 1. The fourth-order valence-corrected chi connectivity index (χ4v) is 3.40. The van der Waals surface area contributed by atoms with Gasteiger partial charge in [-0.2, -0.15) is 0 Å². The summed E-state index contributed by atoms with van der Waals surface area (Å²) >= 11 is 0. The normalized spacial score (nSPS) is 17.8. The van der Waals surface area contributed by atoms with Crippen LogP contribution in [-0.4, -0.2) is 23.9 Å². The van der Waals surface area contributed by atoms with Gasteiger partial charge in [0.25, 0.3) is 0 Å². The highest BCUT2D eigenvalue weighted by molar-refractivity contribution is 5.78. The van der Waals surface area contributed by atoms with E-state index in [1.54, 1.807) is 0 Å². The molecule has 1 aliphatic heterocycles. The second kappa shape index (κ2) is 7.63. The van der Waals surface area contributed by atoms with Crippen LogP contribution in [0, 0.1) is 12.8 Å². The van der Waals surface area contributed by atoms with Crippen LogP contribution in [0.4, 0.5) is 0 Å².